The Bertz CT molecular complexity index is 264. The molecular weight excluding hydrogens is 220 g/mol. The third-order valence-electron chi connectivity index (χ3n) is 2.76. The van der Waals surface area contributed by atoms with Gasteiger partial charge in [0.25, 0.3) is 0 Å². The average molecular weight is 244 g/mol. The summed E-state index contributed by atoms with van der Waals surface area (Å²) in [4.78, 5) is 10.9. The molecule has 0 atom stereocenters. The van der Waals surface area contributed by atoms with Crippen LogP contribution < -0.4 is 16.4 Å². The number of hydrogen-bond donors (Lipinski definition) is 4. The van der Waals surface area contributed by atoms with Gasteiger partial charge in [0.05, 0.1) is 0 Å². The Kier molecular flexibility index (Phi) is 7.29. The first-order chi connectivity index (χ1) is 7.94. The molecule has 0 saturated heterocycles. The standard InChI is InChI=1S/C11H24N4O2/c1-11(2,10(12)15-17)6-4-7-14-8-5-9(16)13-3/h14,17H,4-8H2,1-3H3,(H2,12,15)(H,13,16). The zero-order chi connectivity index (χ0) is 13.3. The van der Waals surface area contributed by atoms with Gasteiger partial charge in [0.2, 0.25) is 5.91 Å². The van der Waals surface area contributed by atoms with Crippen molar-refractivity contribution in [3.05, 3.63) is 0 Å². The molecule has 0 unspecified atom stereocenters. The Hall–Kier alpha value is -1.30. The lowest BCUT2D eigenvalue weighted by Crippen LogP contribution is -2.33. The third kappa shape index (κ3) is 6.78. The maximum atomic E-state index is 10.9. The molecule has 6 nitrogen and oxygen atoms in total. The van der Waals surface area contributed by atoms with E-state index in [1.807, 2.05) is 13.8 Å². The molecule has 1 amide bonds. The predicted molar refractivity (Wildman–Crippen MR) is 68.0 cm³/mol. The second kappa shape index (κ2) is 7.89. The van der Waals surface area contributed by atoms with Gasteiger partial charge in [-0.25, -0.2) is 0 Å². The van der Waals surface area contributed by atoms with Crippen LogP contribution in [0.5, 0.6) is 0 Å². The first-order valence-electron chi connectivity index (χ1n) is 5.83. The summed E-state index contributed by atoms with van der Waals surface area (Å²) >= 11 is 0. The highest BCUT2D eigenvalue weighted by atomic mass is 16.4. The summed E-state index contributed by atoms with van der Waals surface area (Å²) in [7, 11) is 1.63. The van der Waals surface area contributed by atoms with Crippen molar-refractivity contribution < 1.29 is 10.0 Å². The number of nitrogens with two attached hydrogens (primary N) is 1. The number of carbonyl (C=O) groups is 1. The maximum Gasteiger partial charge on any atom is 0.221 e. The van der Waals surface area contributed by atoms with Crippen LogP contribution in [0.15, 0.2) is 5.16 Å². The largest absolute Gasteiger partial charge is 0.409 e. The molecule has 6 heteroatoms. The molecule has 0 aliphatic carbocycles. The third-order valence-corrected chi connectivity index (χ3v) is 2.76. The quantitative estimate of drug-likeness (QED) is 0.162. The number of rotatable bonds is 8. The lowest BCUT2D eigenvalue weighted by atomic mass is 9.86. The molecule has 17 heavy (non-hydrogen) atoms. The van der Waals surface area contributed by atoms with Crippen molar-refractivity contribution in [3.8, 4) is 0 Å². The van der Waals surface area contributed by atoms with E-state index in [-0.39, 0.29) is 17.2 Å². The van der Waals surface area contributed by atoms with Gasteiger partial charge in [-0.05, 0) is 19.4 Å². The van der Waals surface area contributed by atoms with Crippen molar-refractivity contribution in [2.45, 2.75) is 33.1 Å². The highest BCUT2D eigenvalue weighted by molar-refractivity contribution is 5.85. The molecular formula is C11H24N4O2. The fourth-order valence-corrected chi connectivity index (χ4v) is 1.37. The molecule has 0 aliphatic heterocycles. The number of nitrogens with one attached hydrogen (secondary N) is 2. The lowest BCUT2D eigenvalue weighted by Gasteiger charge is -2.22. The smallest absolute Gasteiger partial charge is 0.221 e. The van der Waals surface area contributed by atoms with E-state index in [2.05, 4.69) is 15.8 Å². The number of carbonyl (C=O) groups excluding carboxylic acids is 1. The van der Waals surface area contributed by atoms with Crippen LogP contribution in [0.25, 0.3) is 0 Å². The summed E-state index contributed by atoms with van der Waals surface area (Å²) in [5.41, 5.74) is 5.28. The van der Waals surface area contributed by atoms with Gasteiger partial charge >= 0.3 is 0 Å². The van der Waals surface area contributed by atoms with E-state index in [1.165, 1.54) is 0 Å². The van der Waals surface area contributed by atoms with Gasteiger partial charge in [0.1, 0.15) is 5.84 Å². The molecule has 0 saturated carbocycles. The molecule has 0 heterocycles. The van der Waals surface area contributed by atoms with Crippen LogP contribution in [0.3, 0.4) is 0 Å². The molecule has 0 spiro atoms. The van der Waals surface area contributed by atoms with Gasteiger partial charge in [0.15, 0.2) is 0 Å². The summed E-state index contributed by atoms with van der Waals surface area (Å²) in [5, 5.41) is 17.4. The Balaban J connectivity index is 3.61. The number of nitrogens with zero attached hydrogens (tertiary/aromatic N) is 1. The van der Waals surface area contributed by atoms with Crippen molar-refractivity contribution >= 4 is 11.7 Å². The fraction of sp³-hybridized carbons (Fsp3) is 0.818. The summed E-state index contributed by atoms with van der Waals surface area (Å²) < 4.78 is 0. The van der Waals surface area contributed by atoms with E-state index < -0.39 is 0 Å². The van der Waals surface area contributed by atoms with Gasteiger partial charge in [-0.1, -0.05) is 19.0 Å². The van der Waals surface area contributed by atoms with Crippen LogP contribution in [0.4, 0.5) is 0 Å². The van der Waals surface area contributed by atoms with Crippen LogP contribution in [0.1, 0.15) is 33.1 Å². The average Bonchev–Trinajstić information content (AvgIpc) is 2.31. The number of hydrogen-bond acceptors (Lipinski definition) is 4. The molecule has 100 valence electrons. The molecule has 0 aromatic rings. The van der Waals surface area contributed by atoms with Gasteiger partial charge in [0, 0.05) is 25.4 Å². The van der Waals surface area contributed by atoms with Gasteiger partial charge in [-0.2, -0.15) is 0 Å². The summed E-state index contributed by atoms with van der Waals surface area (Å²) in [5.74, 6) is 0.289. The van der Waals surface area contributed by atoms with Crippen molar-refractivity contribution in [2.24, 2.45) is 16.3 Å². The Morgan fingerprint density at radius 2 is 2.06 bits per heavy atom. The topological polar surface area (TPSA) is 99.7 Å². The minimum absolute atomic E-state index is 0.0366. The van der Waals surface area contributed by atoms with Crippen LogP contribution in [-0.2, 0) is 4.79 Å². The fourth-order valence-electron chi connectivity index (χ4n) is 1.37. The van der Waals surface area contributed by atoms with Crippen molar-refractivity contribution in [3.63, 3.8) is 0 Å². The Labute approximate surface area is 103 Å². The first kappa shape index (κ1) is 15.7. The van der Waals surface area contributed by atoms with Crippen molar-refractivity contribution in [1.29, 1.82) is 0 Å². The SMILES string of the molecule is CNC(=O)CCNCCCC(C)(C)C(N)=NO. The Morgan fingerprint density at radius 3 is 2.59 bits per heavy atom. The lowest BCUT2D eigenvalue weighted by molar-refractivity contribution is -0.120. The highest BCUT2D eigenvalue weighted by Crippen LogP contribution is 2.21. The number of oxime groups is 1. The minimum Gasteiger partial charge on any atom is -0.409 e. The van der Waals surface area contributed by atoms with E-state index in [4.69, 9.17) is 10.9 Å². The highest BCUT2D eigenvalue weighted by Gasteiger charge is 2.22. The molecule has 0 bridgehead atoms. The van der Waals surface area contributed by atoms with Crippen molar-refractivity contribution in [2.75, 3.05) is 20.1 Å². The van der Waals surface area contributed by atoms with Gasteiger partial charge in [-0.15, -0.1) is 0 Å². The summed E-state index contributed by atoms with van der Waals surface area (Å²) in [6, 6.07) is 0. The van der Waals surface area contributed by atoms with E-state index in [9.17, 15) is 4.79 Å². The zero-order valence-electron chi connectivity index (χ0n) is 10.9. The predicted octanol–water partition coefficient (Wildman–Crippen LogP) is 0.265. The number of amides is 1. The molecule has 0 aromatic heterocycles. The number of amidine groups is 1. The van der Waals surface area contributed by atoms with E-state index >= 15 is 0 Å². The molecule has 0 rings (SSSR count). The molecule has 5 N–H and O–H groups in total. The molecule has 0 aromatic carbocycles. The van der Waals surface area contributed by atoms with E-state index in [1.54, 1.807) is 7.05 Å². The zero-order valence-corrected chi connectivity index (χ0v) is 10.9. The van der Waals surface area contributed by atoms with E-state index in [0.717, 1.165) is 19.4 Å². The first-order valence-corrected chi connectivity index (χ1v) is 5.83. The normalized spacial score (nSPS) is 12.5. The van der Waals surface area contributed by atoms with Crippen molar-refractivity contribution in [1.82, 2.24) is 10.6 Å². The second-order valence-electron chi connectivity index (χ2n) is 4.65. The summed E-state index contributed by atoms with van der Waals surface area (Å²) in [6.45, 7) is 5.36. The maximum absolute atomic E-state index is 10.9. The van der Waals surface area contributed by atoms with E-state index in [0.29, 0.717) is 13.0 Å². The summed E-state index contributed by atoms with van der Waals surface area (Å²) in [6.07, 6.45) is 2.23. The molecule has 0 aliphatic rings. The van der Waals surface area contributed by atoms with Crippen LogP contribution in [-0.4, -0.2) is 37.1 Å². The molecule has 0 radical (unpaired) electrons. The van der Waals surface area contributed by atoms with Crippen LogP contribution >= 0.6 is 0 Å². The van der Waals surface area contributed by atoms with Gasteiger partial charge in [-0.3, -0.25) is 4.79 Å². The minimum atomic E-state index is -0.294. The second-order valence-corrected chi connectivity index (χ2v) is 4.65. The Morgan fingerprint density at radius 1 is 1.41 bits per heavy atom. The van der Waals surface area contributed by atoms with Gasteiger partial charge < -0.3 is 21.6 Å². The van der Waals surface area contributed by atoms with Crippen LogP contribution in [0.2, 0.25) is 0 Å². The van der Waals surface area contributed by atoms with Crippen LogP contribution in [0, 0.1) is 5.41 Å². The monoisotopic (exact) mass is 244 g/mol. The molecule has 0 fully saturated rings.